The first-order chi connectivity index (χ1) is 15.1. The van der Waals surface area contributed by atoms with Gasteiger partial charge in [-0.25, -0.2) is 4.79 Å². The fraction of sp³-hybridized carbons (Fsp3) is 0.0833. The van der Waals surface area contributed by atoms with Crippen LogP contribution >= 0.6 is 11.6 Å². The molecule has 3 aromatic carbocycles. The first kappa shape index (κ1) is 20.5. The Balaban J connectivity index is 1.42. The quantitative estimate of drug-likeness (QED) is 0.363. The number of benzene rings is 3. The summed E-state index contributed by atoms with van der Waals surface area (Å²) in [6.45, 7) is -0.0971. The number of hydrogen-bond donors (Lipinski definition) is 0. The second-order valence-corrected chi connectivity index (χ2v) is 6.96. The molecule has 156 valence electrons. The van der Waals surface area contributed by atoms with Crippen LogP contribution in [-0.2, 0) is 16.1 Å². The van der Waals surface area contributed by atoms with E-state index >= 15 is 0 Å². The number of fused-ring (bicyclic) bond motifs is 1. The molecule has 0 aliphatic carbocycles. The monoisotopic (exact) mass is 436 g/mol. The predicted molar refractivity (Wildman–Crippen MR) is 116 cm³/mol. The maximum atomic E-state index is 12.7. The molecule has 31 heavy (non-hydrogen) atoms. The largest absolute Gasteiger partial charge is 0.482 e. The normalized spacial score (nSPS) is 10.6. The summed E-state index contributed by atoms with van der Waals surface area (Å²) in [7, 11) is 0. The van der Waals surface area contributed by atoms with E-state index in [9.17, 15) is 9.59 Å². The number of rotatable bonds is 7. The number of carbonyl (C=O) groups is 1. The summed E-state index contributed by atoms with van der Waals surface area (Å²) in [5.41, 5.74) is 0.833. The average molecular weight is 437 g/mol. The number of para-hydroxylation sites is 1. The van der Waals surface area contributed by atoms with E-state index in [4.69, 9.17) is 30.2 Å². The third-order valence-corrected chi connectivity index (χ3v) is 4.68. The Hall–Kier alpha value is -3.77. The van der Waals surface area contributed by atoms with E-state index in [1.54, 1.807) is 36.4 Å². The van der Waals surface area contributed by atoms with E-state index in [1.165, 1.54) is 12.3 Å². The highest BCUT2D eigenvalue weighted by Gasteiger charge is 2.12. The van der Waals surface area contributed by atoms with Gasteiger partial charge in [-0.3, -0.25) is 4.79 Å². The van der Waals surface area contributed by atoms with Crippen molar-refractivity contribution < 1.29 is 23.4 Å². The molecule has 0 saturated carbocycles. The van der Waals surface area contributed by atoms with Crippen LogP contribution < -0.4 is 14.9 Å². The molecular weight excluding hydrogens is 420 g/mol. The van der Waals surface area contributed by atoms with E-state index in [-0.39, 0.29) is 24.4 Å². The van der Waals surface area contributed by atoms with E-state index in [0.29, 0.717) is 27.5 Å². The lowest BCUT2D eigenvalue weighted by Gasteiger charge is -2.09. The molecule has 7 heteroatoms. The summed E-state index contributed by atoms with van der Waals surface area (Å²) in [6.07, 6.45) is 1.21. The molecule has 0 N–H and O–H groups in total. The molecule has 4 rings (SSSR count). The van der Waals surface area contributed by atoms with Crippen molar-refractivity contribution in [3.63, 3.8) is 0 Å². The van der Waals surface area contributed by atoms with Crippen LogP contribution in [0, 0.1) is 0 Å². The maximum absolute atomic E-state index is 12.7. The number of halogens is 1. The van der Waals surface area contributed by atoms with Gasteiger partial charge in [-0.05, 0) is 29.8 Å². The molecule has 0 aliphatic heterocycles. The number of hydrogen-bond acceptors (Lipinski definition) is 6. The van der Waals surface area contributed by atoms with Crippen molar-refractivity contribution in [2.45, 2.75) is 6.61 Å². The topological polar surface area (TPSA) is 75.0 Å². The Labute approximate surface area is 182 Å². The highest BCUT2D eigenvalue weighted by Crippen LogP contribution is 2.29. The molecule has 4 aromatic rings. The number of ether oxygens (including phenoxy) is 3. The summed E-state index contributed by atoms with van der Waals surface area (Å²) in [6, 6.07) is 20.8. The van der Waals surface area contributed by atoms with E-state index in [2.05, 4.69) is 0 Å². The highest BCUT2D eigenvalue weighted by atomic mass is 35.5. The van der Waals surface area contributed by atoms with Crippen LogP contribution in [0.4, 0.5) is 0 Å². The van der Waals surface area contributed by atoms with Gasteiger partial charge in [0.25, 0.3) is 0 Å². The molecule has 6 nitrogen and oxygen atoms in total. The Morgan fingerprint density at radius 2 is 1.71 bits per heavy atom. The molecule has 0 bridgehead atoms. The lowest BCUT2D eigenvalue weighted by atomic mass is 10.2. The molecule has 0 radical (unpaired) electrons. The van der Waals surface area contributed by atoms with E-state index < -0.39 is 5.97 Å². The minimum Gasteiger partial charge on any atom is -0.482 e. The zero-order valence-electron chi connectivity index (χ0n) is 16.2. The van der Waals surface area contributed by atoms with Gasteiger partial charge in [-0.15, -0.1) is 0 Å². The molecule has 1 heterocycles. The second-order valence-electron chi connectivity index (χ2n) is 6.55. The van der Waals surface area contributed by atoms with Gasteiger partial charge in [0.2, 0.25) is 11.2 Å². The molecule has 0 unspecified atom stereocenters. The van der Waals surface area contributed by atoms with Crippen molar-refractivity contribution in [1.29, 1.82) is 0 Å². The van der Waals surface area contributed by atoms with Gasteiger partial charge in [0.1, 0.15) is 30.0 Å². The lowest BCUT2D eigenvalue weighted by molar-refractivity contribution is -0.147. The molecule has 1 aromatic heterocycles. The van der Waals surface area contributed by atoms with Crippen molar-refractivity contribution >= 4 is 28.5 Å². The van der Waals surface area contributed by atoms with Crippen LogP contribution in [0.15, 0.2) is 88.3 Å². The average Bonchev–Trinajstić information content (AvgIpc) is 2.80. The zero-order valence-corrected chi connectivity index (χ0v) is 17.0. The molecule has 0 atom stereocenters. The van der Waals surface area contributed by atoms with Crippen LogP contribution in [0.2, 0.25) is 5.02 Å². The standard InChI is InChI=1S/C24H17ClO6/c25-19-8-4-5-9-20(19)31-22-14-29-21-12-17(10-11-18(21)24(22)27)28-15-23(26)30-13-16-6-2-1-3-7-16/h1-12,14H,13,15H2. The SMILES string of the molecule is O=C(COc1ccc2c(=O)c(Oc3ccccc3Cl)coc2c1)OCc1ccccc1. The van der Waals surface area contributed by atoms with Crippen LogP contribution in [-0.4, -0.2) is 12.6 Å². The highest BCUT2D eigenvalue weighted by molar-refractivity contribution is 6.32. The van der Waals surface area contributed by atoms with Crippen molar-refractivity contribution in [1.82, 2.24) is 0 Å². The summed E-state index contributed by atoms with van der Waals surface area (Å²) in [4.78, 5) is 24.6. The van der Waals surface area contributed by atoms with Crippen molar-refractivity contribution in [3.8, 4) is 17.2 Å². The molecule has 0 fully saturated rings. The van der Waals surface area contributed by atoms with Crippen molar-refractivity contribution in [3.05, 3.63) is 99.9 Å². The first-order valence-electron chi connectivity index (χ1n) is 9.40. The van der Waals surface area contributed by atoms with Gasteiger partial charge >= 0.3 is 5.97 Å². The molecule has 0 aliphatic rings. The van der Waals surface area contributed by atoms with Crippen molar-refractivity contribution in [2.24, 2.45) is 0 Å². The van der Waals surface area contributed by atoms with Gasteiger partial charge < -0.3 is 18.6 Å². The van der Waals surface area contributed by atoms with Gasteiger partial charge in [0, 0.05) is 6.07 Å². The fourth-order valence-electron chi connectivity index (χ4n) is 2.82. The summed E-state index contributed by atoms with van der Waals surface area (Å²) in [5.74, 6) is 0.226. The Morgan fingerprint density at radius 3 is 2.52 bits per heavy atom. The third kappa shape index (κ3) is 5.05. The third-order valence-electron chi connectivity index (χ3n) is 4.37. The first-order valence-corrected chi connectivity index (χ1v) is 9.78. The Kier molecular flexibility index (Phi) is 6.19. The predicted octanol–water partition coefficient (Wildman–Crippen LogP) is 5.36. The minimum atomic E-state index is -0.506. The Morgan fingerprint density at radius 1 is 0.935 bits per heavy atom. The van der Waals surface area contributed by atoms with Crippen LogP contribution in [0.25, 0.3) is 11.0 Å². The van der Waals surface area contributed by atoms with Crippen LogP contribution in [0.5, 0.6) is 17.2 Å². The minimum absolute atomic E-state index is 0.0127. The van der Waals surface area contributed by atoms with Crippen molar-refractivity contribution in [2.75, 3.05) is 6.61 Å². The fourth-order valence-corrected chi connectivity index (χ4v) is 2.99. The number of carbonyl (C=O) groups excluding carboxylic acids is 1. The summed E-state index contributed by atoms with van der Waals surface area (Å²) >= 11 is 6.07. The van der Waals surface area contributed by atoms with Crippen LogP contribution in [0.3, 0.4) is 0 Å². The van der Waals surface area contributed by atoms with Gasteiger partial charge in [-0.1, -0.05) is 54.1 Å². The van der Waals surface area contributed by atoms with E-state index in [0.717, 1.165) is 5.56 Å². The summed E-state index contributed by atoms with van der Waals surface area (Å²) < 4.78 is 21.7. The second kappa shape index (κ2) is 9.36. The molecular formula is C24H17ClO6. The lowest BCUT2D eigenvalue weighted by Crippen LogP contribution is -2.14. The summed E-state index contributed by atoms with van der Waals surface area (Å²) in [5, 5.41) is 0.688. The molecule has 0 amide bonds. The van der Waals surface area contributed by atoms with Gasteiger partial charge in [0.15, 0.2) is 6.61 Å². The molecule has 0 saturated heterocycles. The number of esters is 1. The molecule has 0 spiro atoms. The maximum Gasteiger partial charge on any atom is 0.344 e. The van der Waals surface area contributed by atoms with Gasteiger partial charge in [0.05, 0.1) is 10.4 Å². The smallest absolute Gasteiger partial charge is 0.344 e. The van der Waals surface area contributed by atoms with Crippen LogP contribution in [0.1, 0.15) is 5.56 Å². The zero-order chi connectivity index (χ0) is 21.6. The van der Waals surface area contributed by atoms with Gasteiger partial charge in [-0.2, -0.15) is 0 Å². The van der Waals surface area contributed by atoms with E-state index in [1.807, 2.05) is 30.3 Å². The Bertz CT molecular complexity index is 1270.